The van der Waals surface area contributed by atoms with E-state index in [1.165, 1.54) is 13.8 Å². The van der Waals surface area contributed by atoms with Gasteiger partial charge in [0, 0.05) is 95.8 Å². The SMILES string of the molecule is CCN1C[C@]2(COC)CC[C@H](OC)[C@@]34[C@@H]5C[C@H]6[C@H](OC(C)=O)[C@@H]5[C@](OC)(C[C@@H]6OC)[C@@H]([C@@H](OC(C)=O)[C@H]23)[C@@H]14. The quantitative estimate of drug-likeness (QED) is 0.434. The summed E-state index contributed by atoms with van der Waals surface area (Å²) in [5, 5.41) is 0. The summed E-state index contributed by atoms with van der Waals surface area (Å²) < 4.78 is 37.9. The minimum atomic E-state index is -0.666. The third-order valence-corrected chi connectivity index (χ3v) is 12.0. The van der Waals surface area contributed by atoms with E-state index in [1.807, 2.05) is 7.11 Å². The van der Waals surface area contributed by atoms with Gasteiger partial charge in [0.15, 0.2) is 0 Å². The predicted octanol–water partition coefficient (Wildman–Crippen LogP) is 2.30. The first-order valence-corrected chi connectivity index (χ1v) is 14.4. The van der Waals surface area contributed by atoms with E-state index in [1.54, 1.807) is 21.3 Å². The van der Waals surface area contributed by atoms with Crippen molar-refractivity contribution in [1.29, 1.82) is 0 Å². The van der Waals surface area contributed by atoms with Gasteiger partial charge in [-0.25, -0.2) is 0 Å². The Labute approximate surface area is 226 Å². The molecule has 7 bridgehead atoms. The van der Waals surface area contributed by atoms with Crippen molar-refractivity contribution in [3.05, 3.63) is 0 Å². The first-order chi connectivity index (χ1) is 18.2. The fourth-order valence-corrected chi connectivity index (χ4v) is 11.7. The zero-order chi connectivity index (χ0) is 27.2. The maximum atomic E-state index is 12.8. The molecule has 0 aromatic heterocycles. The molecule has 13 atom stereocenters. The number of likely N-dealkylation sites (tertiary alicyclic amines) is 1. The lowest BCUT2D eigenvalue weighted by Crippen LogP contribution is -2.76. The van der Waals surface area contributed by atoms with Gasteiger partial charge in [-0.3, -0.25) is 14.5 Å². The van der Waals surface area contributed by atoms with Crippen LogP contribution in [0.5, 0.6) is 0 Å². The topological polar surface area (TPSA) is 92.8 Å². The minimum absolute atomic E-state index is 0.00179. The lowest BCUT2D eigenvalue weighted by Gasteiger charge is -2.69. The summed E-state index contributed by atoms with van der Waals surface area (Å²) in [6, 6.07) is 0.116. The van der Waals surface area contributed by atoms with Crippen LogP contribution >= 0.6 is 0 Å². The second kappa shape index (κ2) is 9.13. The van der Waals surface area contributed by atoms with Gasteiger partial charge in [-0.1, -0.05) is 6.92 Å². The molecule has 1 aliphatic heterocycles. The van der Waals surface area contributed by atoms with Crippen molar-refractivity contribution < 1.29 is 38.0 Å². The van der Waals surface area contributed by atoms with Crippen LogP contribution in [0.3, 0.4) is 0 Å². The molecule has 0 aromatic carbocycles. The number of hydrogen-bond donors (Lipinski definition) is 0. The first kappa shape index (κ1) is 26.9. The zero-order valence-electron chi connectivity index (χ0n) is 23.9. The average molecular weight is 536 g/mol. The van der Waals surface area contributed by atoms with Crippen LogP contribution in [0.2, 0.25) is 0 Å². The molecule has 0 radical (unpaired) electrons. The first-order valence-electron chi connectivity index (χ1n) is 14.4. The number of fused-ring (bicyclic) bond motifs is 2. The predicted molar refractivity (Wildman–Crippen MR) is 136 cm³/mol. The number of rotatable bonds is 8. The van der Waals surface area contributed by atoms with E-state index in [4.69, 9.17) is 28.4 Å². The Morgan fingerprint density at radius 1 is 0.974 bits per heavy atom. The standard InChI is InChI=1S/C29H45NO8/c1-8-30-13-27(14-33-4)10-9-20(35-6)29-18-11-17-19(34-5)12-28(36-7,21(18)23(17)37-15(2)31)22(26(29)30)24(25(27)29)38-16(3)32/h17-26H,8-14H2,1-7H3/t17-,18-,19+,20+,21-,22+,23+,24-,25-,26-,27+,28-,29+/m1/s1. The molecular formula is C29H45NO8. The Morgan fingerprint density at radius 3 is 2.26 bits per heavy atom. The fourth-order valence-electron chi connectivity index (χ4n) is 11.7. The van der Waals surface area contributed by atoms with E-state index in [-0.39, 0.29) is 82.8 Å². The van der Waals surface area contributed by atoms with Crippen LogP contribution < -0.4 is 0 Å². The van der Waals surface area contributed by atoms with Gasteiger partial charge in [0.2, 0.25) is 0 Å². The molecule has 0 N–H and O–H groups in total. The van der Waals surface area contributed by atoms with Gasteiger partial charge in [-0.2, -0.15) is 0 Å². The summed E-state index contributed by atoms with van der Waals surface area (Å²) in [5.41, 5.74) is -1.12. The average Bonchev–Trinajstić information content (AvgIpc) is 3.28. The van der Waals surface area contributed by atoms with Crippen LogP contribution in [0.4, 0.5) is 0 Å². The van der Waals surface area contributed by atoms with Crippen LogP contribution in [0, 0.1) is 40.4 Å². The molecule has 6 fully saturated rings. The zero-order valence-corrected chi connectivity index (χ0v) is 23.9. The third-order valence-electron chi connectivity index (χ3n) is 12.0. The highest BCUT2D eigenvalue weighted by Gasteiger charge is 2.87. The van der Waals surface area contributed by atoms with Crippen molar-refractivity contribution in [3.63, 3.8) is 0 Å². The molecule has 9 heteroatoms. The molecule has 214 valence electrons. The number of methoxy groups -OCH3 is 4. The van der Waals surface area contributed by atoms with E-state index in [9.17, 15) is 9.59 Å². The summed E-state index contributed by atoms with van der Waals surface area (Å²) >= 11 is 0. The van der Waals surface area contributed by atoms with Crippen LogP contribution in [0.15, 0.2) is 0 Å². The number of carbonyl (C=O) groups is 2. The molecule has 6 aliphatic rings. The van der Waals surface area contributed by atoms with Crippen molar-refractivity contribution in [1.82, 2.24) is 4.90 Å². The molecule has 1 spiro atoms. The normalized spacial score (nSPS) is 52.1. The maximum absolute atomic E-state index is 12.8. The Kier molecular flexibility index (Phi) is 6.47. The Morgan fingerprint density at radius 2 is 1.68 bits per heavy atom. The van der Waals surface area contributed by atoms with Gasteiger partial charge in [0.25, 0.3) is 0 Å². The third kappa shape index (κ3) is 3.06. The smallest absolute Gasteiger partial charge is 0.302 e. The van der Waals surface area contributed by atoms with Gasteiger partial charge in [0.05, 0.1) is 24.4 Å². The van der Waals surface area contributed by atoms with E-state index < -0.39 is 5.60 Å². The Hall–Kier alpha value is -1.26. The lowest BCUT2D eigenvalue weighted by molar-refractivity contribution is -0.282. The molecule has 38 heavy (non-hydrogen) atoms. The van der Waals surface area contributed by atoms with Gasteiger partial charge < -0.3 is 28.4 Å². The molecule has 0 amide bonds. The lowest BCUT2D eigenvalue weighted by atomic mass is 9.43. The van der Waals surface area contributed by atoms with E-state index in [0.717, 1.165) is 32.4 Å². The molecule has 9 nitrogen and oxygen atoms in total. The molecule has 1 heterocycles. The van der Waals surface area contributed by atoms with Crippen molar-refractivity contribution in [3.8, 4) is 0 Å². The molecule has 5 aliphatic carbocycles. The van der Waals surface area contributed by atoms with Gasteiger partial charge in [-0.05, 0) is 31.7 Å². The second-order valence-electron chi connectivity index (χ2n) is 12.9. The summed E-state index contributed by atoms with van der Waals surface area (Å²) in [7, 11) is 7.16. The monoisotopic (exact) mass is 535 g/mol. The fraction of sp³-hybridized carbons (Fsp3) is 0.931. The molecule has 0 unspecified atom stereocenters. The number of carbonyl (C=O) groups excluding carboxylic acids is 2. The van der Waals surface area contributed by atoms with Crippen molar-refractivity contribution >= 4 is 11.9 Å². The second-order valence-corrected chi connectivity index (χ2v) is 12.9. The number of hydrogen-bond acceptors (Lipinski definition) is 9. The Balaban J connectivity index is 1.65. The molecule has 5 saturated carbocycles. The van der Waals surface area contributed by atoms with Crippen molar-refractivity contribution in [2.45, 2.75) is 82.5 Å². The van der Waals surface area contributed by atoms with Crippen LogP contribution in [0.25, 0.3) is 0 Å². The van der Waals surface area contributed by atoms with Gasteiger partial charge in [-0.15, -0.1) is 0 Å². The number of ether oxygens (including phenoxy) is 6. The summed E-state index contributed by atoms with van der Waals surface area (Å²) in [6.07, 6.45) is 2.68. The Bertz CT molecular complexity index is 976. The molecule has 6 rings (SSSR count). The van der Waals surface area contributed by atoms with Gasteiger partial charge in [0.1, 0.15) is 12.2 Å². The van der Waals surface area contributed by atoms with Crippen LogP contribution in [-0.4, -0.2) is 101 Å². The van der Waals surface area contributed by atoms with E-state index in [0.29, 0.717) is 13.0 Å². The van der Waals surface area contributed by atoms with E-state index in [2.05, 4.69) is 11.8 Å². The van der Waals surface area contributed by atoms with E-state index >= 15 is 0 Å². The molecule has 1 saturated heterocycles. The summed E-state index contributed by atoms with van der Waals surface area (Å²) in [4.78, 5) is 27.9. The number of esters is 2. The van der Waals surface area contributed by atoms with Crippen LogP contribution in [-0.2, 0) is 38.0 Å². The summed E-state index contributed by atoms with van der Waals surface area (Å²) in [5.74, 6) is -0.343. The number of piperidine rings is 1. The highest BCUT2D eigenvalue weighted by Crippen LogP contribution is 2.80. The van der Waals surface area contributed by atoms with Crippen molar-refractivity contribution in [2.24, 2.45) is 40.4 Å². The van der Waals surface area contributed by atoms with Crippen LogP contribution in [0.1, 0.15) is 46.5 Å². The highest BCUT2D eigenvalue weighted by molar-refractivity contribution is 5.67. The summed E-state index contributed by atoms with van der Waals surface area (Å²) in [6.45, 7) is 7.64. The maximum Gasteiger partial charge on any atom is 0.302 e. The largest absolute Gasteiger partial charge is 0.462 e. The van der Waals surface area contributed by atoms with Crippen molar-refractivity contribution in [2.75, 3.05) is 48.1 Å². The molecular weight excluding hydrogens is 490 g/mol. The van der Waals surface area contributed by atoms with Gasteiger partial charge >= 0.3 is 11.9 Å². The minimum Gasteiger partial charge on any atom is -0.462 e. The number of nitrogens with zero attached hydrogens (tertiary/aromatic N) is 1. The molecule has 0 aromatic rings. The highest BCUT2D eigenvalue weighted by atomic mass is 16.6.